The largest absolute Gasteiger partial charge is 0.415 e. The highest BCUT2D eigenvalue weighted by molar-refractivity contribution is 9.06. The average molecular weight is 191 g/mol. The number of halogens is 2. The van der Waals surface area contributed by atoms with Crippen molar-refractivity contribution in [2.24, 2.45) is 0 Å². The molecule has 0 unspecified atom stereocenters. The molecule has 0 amide bonds. The van der Waals surface area contributed by atoms with Gasteiger partial charge in [-0.2, -0.15) is 0 Å². The maximum atomic E-state index is 12.4. The summed E-state index contributed by atoms with van der Waals surface area (Å²) in [7, 11) is 0. The summed E-state index contributed by atoms with van der Waals surface area (Å²) in [5.74, 6) is -0.160. The van der Waals surface area contributed by atoms with E-state index in [2.05, 4.69) is 20.1 Å². The quantitative estimate of drug-likeness (QED) is 0.662. The summed E-state index contributed by atoms with van der Waals surface area (Å²) in [5.41, 5.74) is 0. The number of hydrogen-bond donors (Lipinski definition) is 0. The molecule has 9 heavy (non-hydrogen) atoms. The van der Waals surface area contributed by atoms with Crippen LogP contribution in [0.25, 0.3) is 0 Å². The van der Waals surface area contributed by atoms with Gasteiger partial charge in [0, 0.05) is 0 Å². The first-order valence-electron chi connectivity index (χ1n) is 2.37. The fourth-order valence-electron chi connectivity index (χ4n) is 0.507. The molecule has 1 aromatic carbocycles. The Morgan fingerprint density at radius 1 is 1.33 bits per heavy atom. The molecule has 0 bridgehead atoms. The Balaban J connectivity index is 3.01. The van der Waals surface area contributed by atoms with Crippen molar-refractivity contribution in [3.05, 3.63) is 30.1 Å². The van der Waals surface area contributed by atoms with Gasteiger partial charge >= 0.3 is 0 Å². The van der Waals surface area contributed by atoms with E-state index in [9.17, 15) is 4.39 Å². The highest BCUT2D eigenvalue weighted by Crippen LogP contribution is 2.16. The van der Waals surface area contributed by atoms with E-state index < -0.39 is 0 Å². The lowest BCUT2D eigenvalue weighted by Gasteiger charge is -1.94. The van der Waals surface area contributed by atoms with Crippen molar-refractivity contribution in [2.45, 2.75) is 0 Å². The van der Waals surface area contributed by atoms with E-state index in [1.807, 2.05) is 0 Å². The molecular formula is C6H4BrFO. The van der Waals surface area contributed by atoms with Crippen LogP contribution < -0.4 is 3.83 Å². The number of benzene rings is 1. The first kappa shape index (κ1) is 6.55. The van der Waals surface area contributed by atoms with Crippen LogP contribution in [0.1, 0.15) is 0 Å². The second kappa shape index (κ2) is 2.82. The number of hydrogen-bond acceptors (Lipinski definition) is 1. The molecule has 0 aliphatic rings. The van der Waals surface area contributed by atoms with Gasteiger partial charge in [-0.25, -0.2) is 4.39 Å². The zero-order valence-electron chi connectivity index (χ0n) is 4.47. The van der Waals surface area contributed by atoms with E-state index in [4.69, 9.17) is 0 Å². The topological polar surface area (TPSA) is 9.23 Å². The first-order chi connectivity index (χ1) is 4.34. The van der Waals surface area contributed by atoms with E-state index in [1.165, 1.54) is 12.1 Å². The standard InChI is InChI=1S/C6H4BrFO/c7-9-6-4-2-1-3-5(6)8/h1-4H. The van der Waals surface area contributed by atoms with Crippen molar-refractivity contribution in [1.82, 2.24) is 0 Å². The van der Waals surface area contributed by atoms with Crippen molar-refractivity contribution in [1.29, 1.82) is 0 Å². The maximum absolute atomic E-state index is 12.4. The van der Waals surface area contributed by atoms with Gasteiger partial charge in [-0.05, 0) is 12.1 Å². The minimum absolute atomic E-state index is 0.206. The van der Waals surface area contributed by atoms with E-state index >= 15 is 0 Å². The summed E-state index contributed by atoms with van der Waals surface area (Å²) in [6, 6.07) is 6.16. The Kier molecular flexibility index (Phi) is 2.05. The molecule has 1 nitrogen and oxygen atoms in total. The molecule has 0 fully saturated rings. The smallest absolute Gasteiger partial charge is 0.179 e. The minimum Gasteiger partial charge on any atom is -0.415 e. The molecule has 0 radical (unpaired) electrons. The van der Waals surface area contributed by atoms with Crippen LogP contribution in [-0.4, -0.2) is 0 Å². The number of rotatable bonds is 1. The lowest BCUT2D eigenvalue weighted by molar-refractivity contribution is 0.554. The summed E-state index contributed by atoms with van der Waals surface area (Å²) >= 11 is 2.67. The van der Waals surface area contributed by atoms with Gasteiger partial charge in [0.2, 0.25) is 0 Å². The van der Waals surface area contributed by atoms with Crippen molar-refractivity contribution >= 4 is 16.3 Å². The Bertz CT molecular complexity index is 202. The predicted molar refractivity (Wildman–Crippen MR) is 36.0 cm³/mol. The Morgan fingerprint density at radius 2 is 2.00 bits per heavy atom. The maximum Gasteiger partial charge on any atom is 0.179 e. The SMILES string of the molecule is Fc1ccccc1OBr. The van der Waals surface area contributed by atoms with E-state index in [-0.39, 0.29) is 11.6 Å². The molecule has 0 N–H and O–H groups in total. The summed E-state index contributed by atoms with van der Waals surface area (Å²) in [6.07, 6.45) is 0. The highest BCUT2D eigenvalue weighted by Gasteiger charge is 1.97. The molecule has 48 valence electrons. The molecule has 0 aromatic heterocycles. The van der Waals surface area contributed by atoms with Crippen LogP contribution in [0.2, 0.25) is 0 Å². The minimum atomic E-state index is -0.366. The van der Waals surface area contributed by atoms with Gasteiger partial charge in [-0.3, -0.25) is 0 Å². The van der Waals surface area contributed by atoms with Crippen molar-refractivity contribution in [2.75, 3.05) is 0 Å². The van der Waals surface area contributed by atoms with Crippen molar-refractivity contribution in [3.8, 4) is 5.75 Å². The van der Waals surface area contributed by atoms with E-state index in [0.29, 0.717) is 0 Å². The average Bonchev–Trinajstić information content (AvgIpc) is 1.89. The van der Waals surface area contributed by atoms with Crippen LogP contribution in [0.15, 0.2) is 24.3 Å². The zero-order chi connectivity index (χ0) is 6.69. The van der Waals surface area contributed by atoms with Gasteiger partial charge in [-0.15, -0.1) is 0 Å². The number of para-hydroxylation sites is 1. The molecule has 0 spiro atoms. The molecule has 0 saturated carbocycles. The molecular weight excluding hydrogens is 187 g/mol. The third-order valence-corrected chi connectivity index (χ3v) is 1.27. The fourth-order valence-corrected chi connectivity index (χ4v) is 0.770. The summed E-state index contributed by atoms with van der Waals surface area (Å²) < 4.78 is 16.9. The Labute approximate surface area is 60.9 Å². The molecule has 1 aromatic rings. The van der Waals surface area contributed by atoms with E-state index in [0.717, 1.165) is 0 Å². The lowest BCUT2D eigenvalue weighted by Crippen LogP contribution is -1.78. The van der Waals surface area contributed by atoms with Gasteiger partial charge in [0.15, 0.2) is 27.8 Å². The van der Waals surface area contributed by atoms with Crippen LogP contribution in [-0.2, 0) is 0 Å². The van der Waals surface area contributed by atoms with Crippen LogP contribution in [0, 0.1) is 5.82 Å². The van der Waals surface area contributed by atoms with Gasteiger partial charge in [-0.1, -0.05) is 12.1 Å². The summed E-state index contributed by atoms with van der Waals surface area (Å²) in [6.45, 7) is 0. The summed E-state index contributed by atoms with van der Waals surface area (Å²) in [4.78, 5) is 0. The molecule has 3 heteroatoms. The molecule has 1 rings (SSSR count). The molecule has 0 atom stereocenters. The fraction of sp³-hybridized carbons (Fsp3) is 0. The van der Waals surface area contributed by atoms with Gasteiger partial charge in [0.05, 0.1) is 0 Å². The third-order valence-electron chi connectivity index (χ3n) is 0.920. The predicted octanol–water partition coefficient (Wildman–Crippen LogP) is 2.51. The molecule has 0 aliphatic carbocycles. The van der Waals surface area contributed by atoms with Gasteiger partial charge in [0.25, 0.3) is 0 Å². The molecule has 0 aliphatic heterocycles. The lowest BCUT2D eigenvalue weighted by atomic mass is 10.3. The molecule has 0 heterocycles. The van der Waals surface area contributed by atoms with Crippen LogP contribution in [0.3, 0.4) is 0 Å². The Morgan fingerprint density at radius 3 is 2.44 bits per heavy atom. The van der Waals surface area contributed by atoms with Gasteiger partial charge < -0.3 is 3.83 Å². The second-order valence-corrected chi connectivity index (χ2v) is 1.83. The monoisotopic (exact) mass is 190 g/mol. The molecule has 0 saturated heterocycles. The third kappa shape index (κ3) is 1.42. The van der Waals surface area contributed by atoms with Crippen LogP contribution in [0.4, 0.5) is 4.39 Å². The van der Waals surface area contributed by atoms with Crippen molar-refractivity contribution < 1.29 is 8.22 Å². The zero-order valence-corrected chi connectivity index (χ0v) is 6.06. The van der Waals surface area contributed by atoms with Crippen LogP contribution >= 0.6 is 16.3 Å². The van der Waals surface area contributed by atoms with E-state index in [1.54, 1.807) is 12.1 Å². The van der Waals surface area contributed by atoms with Crippen molar-refractivity contribution in [3.63, 3.8) is 0 Å². The normalized spacial score (nSPS) is 9.11. The highest BCUT2D eigenvalue weighted by atomic mass is 79.9. The summed E-state index contributed by atoms with van der Waals surface area (Å²) in [5, 5.41) is 0. The Hall–Kier alpha value is -0.570. The van der Waals surface area contributed by atoms with Crippen LogP contribution in [0.5, 0.6) is 5.75 Å². The van der Waals surface area contributed by atoms with Gasteiger partial charge in [0.1, 0.15) is 0 Å². The first-order valence-corrected chi connectivity index (χ1v) is 3.02. The second-order valence-electron chi connectivity index (χ2n) is 1.51.